The monoisotopic (exact) mass is 488 g/mol. The third-order valence-electron chi connectivity index (χ3n) is 5.67. The van der Waals surface area contributed by atoms with Crippen LogP contribution in [0.1, 0.15) is 83.0 Å². The number of alkyl carbamates (subject to hydrolysis) is 1. The molecule has 1 aromatic rings. The van der Waals surface area contributed by atoms with Gasteiger partial charge < -0.3 is 26.0 Å². The van der Waals surface area contributed by atoms with Gasteiger partial charge in [0, 0.05) is 18.5 Å². The van der Waals surface area contributed by atoms with Gasteiger partial charge in [0.1, 0.15) is 17.7 Å². The van der Waals surface area contributed by atoms with Gasteiger partial charge in [-0.3, -0.25) is 14.4 Å². The average Bonchev–Trinajstić information content (AvgIpc) is 3.53. The maximum absolute atomic E-state index is 13.9. The molecule has 2 rings (SSSR count). The van der Waals surface area contributed by atoms with E-state index in [0.717, 1.165) is 24.0 Å². The summed E-state index contributed by atoms with van der Waals surface area (Å²) in [4.78, 5) is 52.9. The Bertz CT molecular complexity index is 950. The fourth-order valence-corrected chi connectivity index (χ4v) is 3.78. The second-order valence-corrected chi connectivity index (χ2v) is 10.6. The number of hydrogen-bond acceptors (Lipinski definition) is 5. The van der Waals surface area contributed by atoms with Gasteiger partial charge in [-0.05, 0) is 84.4 Å². The first kappa shape index (κ1) is 28.1. The second kappa shape index (κ2) is 11.6. The Morgan fingerprint density at radius 1 is 1.09 bits per heavy atom. The van der Waals surface area contributed by atoms with Crippen LogP contribution in [-0.4, -0.2) is 52.4 Å². The fourth-order valence-electron chi connectivity index (χ4n) is 3.78. The van der Waals surface area contributed by atoms with E-state index in [2.05, 4.69) is 10.6 Å². The maximum Gasteiger partial charge on any atom is 0.408 e. The Morgan fingerprint density at radius 2 is 1.71 bits per heavy atom. The number of aryl methyl sites for hydroxylation is 2. The van der Waals surface area contributed by atoms with Crippen LogP contribution in [0.15, 0.2) is 18.2 Å². The molecule has 0 saturated heterocycles. The standard InChI is InChI=1S/C26H40N4O5/c1-15(2)28-23(32)22(18-9-8-16(3)17(4)14-18)30(19-10-11-19)24(33)20(12-13-21(27)31)29-25(34)35-26(5,6)7/h8-9,14-15,19-20,22H,10-13H2,1-7H3,(H2,27,31)(H,28,32)(H,29,34). The van der Waals surface area contributed by atoms with E-state index in [-0.39, 0.29) is 30.8 Å². The summed E-state index contributed by atoms with van der Waals surface area (Å²) >= 11 is 0. The lowest BCUT2D eigenvalue weighted by Crippen LogP contribution is -2.54. The Labute approximate surface area is 208 Å². The van der Waals surface area contributed by atoms with Gasteiger partial charge in [-0.25, -0.2) is 4.79 Å². The van der Waals surface area contributed by atoms with Crippen molar-refractivity contribution >= 4 is 23.8 Å². The number of hydrogen-bond donors (Lipinski definition) is 3. The van der Waals surface area contributed by atoms with Gasteiger partial charge in [0.15, 0.2) is 0 Å². The molecule has 0 bridgehead atoms. The van der Waals surface area contributed by atoms with Crippen LogP contribution >= 0.6 is 0 Å². The van der Waals surface area contributed by atoms with Gasteiger partial charge in [-0.1, -0.05) is 18.2 Å². The van der Waals surface area contributed by atoms with E-state index in [9.17, 15) is 19.2 Å². The quantitative estimate of drug-likeness (QED) is 0.466. The molecular formula is C26H40N4O5. The number of carbonyl (C=O) groups excluding carboxylic acids is 4. The maximum atomic E-state index is 13.9. The lowest BCUT2D eigenvalue weighted by atomic mass is 9.97. The SMILES string of the molecule is Cc1ccc(C(C(=O)NC(C)C)N(C(=O)C(CCC(N)=O)NC(=O)OC(C)(C)C)C2CC2)cc1C. The van der Waals surface area contributed by atoms with Crippen LogP contribution in [0.2, 0.25) is 0 Å². The van der Waals surface area contributed by atoms with Crippen LogP contribution in [0.25, 0.3) is 0 Å². The van der Waals surface area contributed by atoms with E-state index in [4.69, 9.17) is 10.5 Å². The van der Waals surface area contributed by atoms with Gasteiger partial charge >= 0.3 is 6.09 Å². The number of nitrogens with zero attached hydrogens (tertiary/aromatic N) is 1. The van der Waals surface area contributed by atoms with E-state index < -0.39 is 35.6 Å². The highest BCUT2D eigenvalue weighted by Crippen LogP contribution is 2.36. The smallest absolute Gasteiger partial charge is 0.408 e. The third-order valence-corrected chi connectivity index (χ3v) is 5.67. The van der Waals surface area contributed by atoms with Crippen LogP contribution < -0.4 is 16.4 Å². The molecule has 2 atom stereocenters. The van der Waals surface area contributed by atoms with E-state index in [1.807, 2.05) is 45.9 Å². The fraction of sp³-hybridized carbons (Fsp3) is 0.615. The van der Waals surface area contributed by atoms with Gasteiger partial charge in [-0.15, -0.1) is 0 Å². The number of amides is 4. The predicted molar refractivity (Wildman–Crippen MR) is 133 cm³/mol. The molecule has 1 aliphatic rings. The summed E-state index contributed by atoms with van der Waals surface area (Å²) in [6.45, 7) is 12.8. The predicted octanol–water partition coefficient (Wildman–Crippen LogP) is 3.02. The minimum Gasteiger partial charge on any atom is -0.444 e. The number of ether oxygens (including phenoxy) is 1. The molecule has 1 saturated carbocycles. The van der Waals surface area contributed by atoms with Gasteiger partial charge in [-0.2, -0.15) is 0 Å². The molecule has 9 nitrogen and oxygen atoms in total. The van der Waals surface area contributed by atoms with Crippen molar-refractivity contribution in [2.45, 2.75) is 104 Å². The van der Waals surface area contributed by atoms with Crippen molar-refractivity contribution in [3.8, 4) is 0 Å². The van der Waals surface area contributed by atoms with Gasteiger partial charge in [0.25, 0.3) is 0 Å². The number of carbonyl (C=O) groups is 4. The molecule has 4 amide bonds. The first-order valence-corrected chi connectivity index (χ1v) is 12.2. The average molecular weight is 489 g/mol. The normalized spacial score (nSPS) is 15.2. The lowest BCUT2D eigenvalue weighted by Gasteiger charge is -2.35. The van der Waals surface area contributed by atoms with Crippen LogP contribution in [0.3, 0.4) is 0 Å². The summed E-state index contributed by atoms with van der Waals surface area (Å²) in [6.07, 6.45) is 0.623. The van der Waals surface area contributed by atoms with E-state index in [0.29, 0.717) is 5.56 Å². The van der Waals surface area contributed by atoms with E-state index in [1.54, 1.807) is 25.7 Å². The zero-order valence-electron chi connectivity index (χ0n) is 21.9. The minimum atomic E-state index is -1.07. The van der Waals surface area contributed by atoms with Crippen molar-refractivity contribution in [2.24, 2.45) is 5.73 Å². The first-order chi connectivity index (χ1) is 16.2. The first-order valence-electron chi connectivity index (χ1n) is 12.2. The van der Waals surface area contributed by atoms with Crippen molar-refractivity contribution in [1.82, 2.24) is 15.5 Å². The number of primary amides is 1. The van der Waals surface area contributed by atoms with Crippen molar-refractivity contribution in [2.75, 3.05) is 0 Å². The van der Waals surface area contributed by atoms with Crippen molar-refractivity contribution in [1.29, 1.82) is 0 Å². The summed E-state index contributed by atoms with van der Waals surface area (Å²) in [5.74, 6) is -1.33. The number of nitrogens with one attached hydrogen (secondary N) is 2. The third kappa shape index (κ3) is 8.56. The van der Waals surface area contributed by atoms with Crippen molar-refractivity contribution in [3.05, 3.63) is 34.9 Å². The highest BCUT2D eigenvalue weighted by molar-refractivity contribution is 5.93. The zero-order chi connectivity index (χ0) is 26.5. The molecule has 35 heavy (non-hydrogen) atoms. The van der Waals surface area contributed by atoms with Crippen molar-refractivity contribution in [3.63, 3.8) is 0 Å². The second-order valence-electron chi connectivity index (χ2n) is 10.6. The summed E-state index contributed by atoms with van der Waals surface area (Å²) < 4.78 is 5.34. The summed E-state index contributed by atoms with van der Waals surface area (Å²) in [5, 5.41) is 5.54. The summed E-state index contributed by atoms with van der Waals surface area (Å²) in [5.41, 5.74) is 7.34. The number of benzene rings is 1. The molecule has 9 heteroatoms. The lowest BCUT2D eigenvalue weighted by molar-refractivity contribution is -0.143. The van der Waals surface area contributed by atoms with Crippen LogP contribution in [-0.2, 0) is 19.1 Å². The Kier molecular flexibility index (Phi) is 9.29. The Hall–Kier alpha value is -3.10. The van der Waals surface area contributed by atoms with Gasteiger partial charge in [0.05, 0.1) is 0 Å². The number of nitrogens with two attached hydrogens (primary N) is 1. The highest BCUT2D eigenvalue weighted by Gasteiger charge is 2.44. The summed E-state index contributed by atoms with van der Waals surface area (Å²) in [6, 6.07) is 3.48. The highest BCUT2D eigenvalue weighted by atomic mass is 16.6. The molecular weight excluding hydrogens is 448 g/mol. The molecule has 194 valence electrons. The molecule has 2 unspecified atom stereocenters. The van der Waals surface area contributed by atoms with Crippen LogP contribution in [0.4, 0.5) is 4.79 Å². The Morgan fingerprint density at radius 3 is 2.20 bits per heavy atom. The molecule has 0 radical (unpaired) electrons. The van der Waals surface area contributed by atoms with Crippen molar-refractivity contribution < 1.29 is 23.9 Å². The van der Waals surface area contributed by atoms with E-state index >= 15 is 0 Å². The minimum absolute atomic E-state index is 0.00206. The molecule has 0 aromatic heterocycles. The van der Waals surface area contributed by atoms with E-state index in [1.165, 1.54) is 0 Å². The summed E-state index contributed by atoms with van der Waals surface area (Å²) in [7, 11) is 0. The van der Waals surface area contributed by atoms with Gasteiger partial charge in [0.2, 0.25) is 17.7 Å². The molecule has 0 spiro atoms. The molecule has 1 aromatic carbocycles. The topological polar surface area (TPSA) is 131 Å². The molecule has 1 fully saturated rings. The number of rotatable bonds is 10. The molecule has 1 aliphatic carbocycles. The van der Waals surface area contributed by atoms with Crippen LogP contribution in [0, 0.1) is 13.8 Å². The molecule has 0 heterocycles. The largest absolute Gasteiger partial charge is 0.444 e. The molecule has 0 aliphatic heterocycles. The van der Waals surface area contributed by atoms with Crippen LogP contribution in [0.5, 0.6) is 0 Å². The zero-order valence-corrected chi connectivity index (χ0v) is 21.9. The Balaban J connectivity index is 2.47. The molecule has 4 N–H and O–H groups in total.